The molecule has 45 heavy (non-hydrogen) atoms. The van der Waals surface area contributed by atoms with Crippen molar-refractivity contribution < 1.29 is 19.2 Å². The van der Waals surface area contributed by atoms with Crippen LogP contribution in [0.4, 0.5) is 0 Å². The first-order valence-electron chi connectivity index (χ1n) is 15.3. The van der Waals surface area contributed by atoms with E-state index >= 15 is 0 Å². The number of para-hydroxylation sites is 1. The molecule has 0 saturated heterocycles. The summed E-state index contributed by atoms with van der Waals surface area (Å²) < 4.78 is 1.85. The number of hydrogen-bond donors (Lipinski definition) is 4. The van der Waals surface area contributed by atoms with Gasteiger partial charge < -0.3 is 21.3 Å². The topological polar surface area (TPSA) is 134 Å². The first-order valence-corrected chi connectivity index (χ1v) is 15.3. The second-order valence-corrected chi connectivity index (χ2v) is 11.4. The SMILES string of the molecule is CNC(=O)c1ccc(-n2nc(-c3ccc(C(=O)NCCCNC(=O)[C@@H](CC(=O)[C@H](C)NC)C(C)C)cc3)c3ccccc32)cc1. The maximum atomic E-state index is 12.8. The minimum Gasteiger partial charge on any atom is -0.356 e. The van der Waals surface area contributed by atoms with Gasteiger partial charge in [-0.05, 0) is 68.8 Å². The van der Waals surface area contributed by atoms with Crippen molar-refractivity contribution in [1.82, 2.24) is 31.0 Å². The van der Waals surface area contributed by atoms with E-state index in [1.807, 2.05) is 67.1 Å². The van der Waals surface area contributed by atoms with Crippen LogP contribution in [-0.2, 0) is 9.59 Å². The molecule has 2 atom stereocenters. The monoisotopic (exact) mass is 610 g/mol. The van der Waals surface area contributed by atoms with Crippen LogP contribution in [0, 0.1) is 11.8 Å². The van der Waals surface area contributed by atoms with Gasteiger partial charge in [-0.3, -0.25) is 19.2 Å². The second-order valence-electron chi connectivity index (χ2n) is 11.4. The maximum absolute atomic E-state index is 12.8. The number of Topliss-reactive ketones (excluding diaryl/α,β-unsaturated/α-hetero) is 1. The van der Waals surface area contributed by atoms with E-state index in [1.54, 1.807) is 45.3 Å². The standard InChI is InChI=1S/C35H42N6O4/c1-22(2)29(21-31(42)23(3)36-4)35(45)39-20-8-19-38-34(44)26-13-11-24(12-14-26)32-28-9-6-7-10-30(28)41(40-32)27-17-15-25(16-18-27)33(43)37-5/h6-7,9-18,22-23,29,36H,8,19-21H2,1-5H3,(H,37,43)(H,38,44)(H,39,45)/t23-,29-/m0/s1. The highest BCUT2D eigenvalue weighted by Crippen LogP contribution is 2.30. The Balaban J connectivity index is 1.35. The van der Waals surface area contributed by atoms with Gasteiger partial charge in [0.15, 0.2) is 0 Å². The van der Waals surface area contributed by atoms with Crippen molar-refractivity contribution in [3.8, 4) is 16.9 Å². The number of ketones is 1. The second kappa shape index (κ2) is 15.3. The third kappa shape index (κ3) is 8.02. The lowest BCUT2D eigenvalue weighted by Gasteiger charge is -2.21. The van der Waals surface area contributed by atoms with E-state index in [9.17, 15) is 19.2 Å². The molecular weight excluding hydrogens is 568 g/mol. The Bertz CT molecular complexity index is 1640. The van der Waals surface area contributed by atoms with E-state index in [4.69, 9.17) is 5.10 Å². The molecule has 0 aliphatic carbocycles. The molecule has 10 heteroatoms. The molecule has 0 fully saturated rings. The summed E-state index contributed by atoms with van der Waals surface area (Å²) in [6.07, 6.45) is 0.759. The van der Waals surface area contributed by atoms with E-state index in [0.29, 0.717) is 30.6 Å². The number of likely N-dealkylation sites (N-methyl/N-ethyl adjacent to an activating group) is 1. The Morgan fingerprint density at radius 1 is 0.778 bits per heavy atom. The minimum absolute atomic E-state index is 0.0139. The molecule has 4 rings (SSSR count). The van der Waals surface area contributed by atoms with Crippen LogP contribution in [0.15, 0.2) is 72.8 Å². The summed E-state index contributed by atoms with van der Waals surface area (Å²) in [7, 11) is 3.33. The molecule has 0 saturated carbocycles. The molecule has 0 bridgehead atoms. The van der Waals surface area contributed by atoms with Crippen LogP contribution in [0.3, 0.4) is 0 Å². The molecule has 1 aromatic heterocycles. The van der Waals surface area contributed by atoms with Crippen LogP contribution in [0.25, 0.3) is 27.8 Å². The van der Waals surface area contributed by atoms with Gasteiger partial charge in [0.1, 0.15) is 11.5 Å². The molecule has 0 aliphatic rings. The van der Waals surface area contributed by atoms with E-state index in [2.05, 4.69) is 21.3 Å². The van der Waals surface area contributed by atoms with Gasteiger partial charge in [0.25, 0.3) is 11.8 Å². The smallest absolute Gasteiger partial charge is 0.251 e. The molecule has 0 spiro atoms. The highest BCUT2D eigenvalue weighted by molar-refractivity contribution is 5.97. The first kappa shape index (κ1) is 33.1. The maximum Gasteiger partial charge on any atom is 0.251 e. The lowest BCUT2D eigenvalue weighted by molar-refractivity contribution is -0.131. The van der Waals surface area contributed by atoms with Gasteiger partial charge in [-0.15, -0.1) is 0 Å². The number of aromatic nitrogens is 2. The average Bonchev–Trinajstić information content (AvgIpc) is 3.45. The van der Waals surface area contributed by atoms with Gasteiger partial charge in [-0.25, -0.2) is 4.68 Å². The highest BCUT2D eigenvalue weighted by atomic mass is 16.2. The molecule has 1 heterocycles. The normalized spacial score (nSPS) is 12.5. The van der Waals surface area contributed by atoms with Crippen molar-refractivity contribution >= 4 is 34.4 Å². The number of amides is 3. The van der Waals surface area contributed by atoms with Gasteiger partial charge in [-0.1, -0.05) is 44.2 Å². The molecule has 4 aromatic rings. The van der Waals surface area contributed by atoms with Crippen molar-refractivity contribution in [2.75, 3.05) is 27.2 Å². The molecule has 3 amide bonds. The lowest BCUT2D eigenvalue weighted by atomic mass is 9.88. The van der Waals surface area contributed by atoms with Crippen molar-refractivity contribution in [1.29, 1.82) is 0 Å². The summed E-state index contributed by atoms with van der Waals surface area (Å²) in [6, 6.07) is 22.2. The molecular formula is C35H42N6O4. The van der Waals surface area contributed by atoms with Crippen LogP contribution < -0.4 is 21.3 Å². The summed E-state index contributed by atoms with van der Waals surface area (Å²) in [5.41, 5.74) is 4.49. The number of rotatable bonds is 14. The number of carbonyl (C=O) groups is 4. The predicted molar refractivity (Wildman–Crippen MR) is 176 cm³/mol. The van der Waals surface area contributed by atoms with Gasteiger partial charge in [0, 0.05) is 54.6 Å². The third-order valence-corrected chi connectivity index (χ3v) is 8.03. The van der Waals surface area contributed by atoms with Gasteiger partial charge in [-0.2, -0.15) is 5.10 Å². The van der Waals surface area contributed by atoms with E-state index in [-0.39, 0.29) is 47.8 Å². The molecule has 0 aliphatic heterocycles. The third-order valence-electron chi connectivity index (χ3n) is 8.03. The largest absolute Gasteiger partial charge is 0.356 e. The lowest BCUT2D eigenvalue weighted by Crippen LogP contribution is -2.39. The summed E-state index contributed by atoms with van der Waals surface area (Å²) in [4.78, 5) is 49.8. The van der Waals surface area contributed by atoms with E-state index in [1.165, 1.54) is 0 Å². The summed E-state index contributed by atoms with van der Waals surface area (Å²) in [5.74, 6) is -0.831. The molecule has 0 radical (unpaired) electrons. The summed E-state index contributed by atoms with van der Waals surface area (Å²) >= 11 is 0. The number of carbonyl (C=O) groups excluding carboxylic acids is 4. The molecule has 236 valence electrons. The van der Waals surface area contributed by atoms with E-state index < -0.39 is 0 Å². The average molecular weight is 611 g/mol. The molecule has 4 N–H and O–H groups in total. The zero-order chi connectivity index (χ0) is 32.5. The fourth-order valence-corrected chi connectivity index (χ4v) is 5.07. The number of nitrogens with zero attached hydrogens (tertiary/aromatic N) is 2. The van der Waals surface area contributed by atoms with Crippen LogP contribution in [0.2, 0.25) is 0 Å². The molecule has 3 aromatic carbocycles. The van der Waals surface area contributed by atoms with Crippen LogP contribution in [0.1, 0.15) is 54.3 Å². The van der Waals surface area contributed by atoms with Crippen molar-refractivity contribution in [2.24, 2.45) is 11.8 Å². The minimum atomic E-state index is -0.389. The highest BCUT2D eigenvalue weighted by Gasteiger charge is 2.26. The van der Waals surface area contributed by atoms with Crippen LogP contribution in [-0.4, -0.2) is 66.5 Å². The number of fused-ring (bicyclic) bond motifs is 1. The van der Waals surface area contributed by atoms with Crippen LogP contribution in [0.5, 0.6) is 0 Å². The number of benzene rings is 3. The summed E-state index contributed by atoms with van der Waals surface area (Å²) in [5, 5.41) is 17.2. The number of hydrogen-bond acceptors (Lipinski definition) is 6. The Kier molecular flexibility index (Phi) is 11.2. The fourth-order valence-electron chi connectivity index (χ4n) is 5.07. The fraction of sp³-hybridized carbons (Fsp3) is 0.343. The first-order chi connectivity index (χ1) is 21.6. The number of nitrogens with one attached hydrogen (secondary N) is 4. The van der Waals surface area contributed by atoms with Crippen molar-refractivity contribution in [2.45, 2.75) is 39.7 Å². The Morgan fingerprint density at radius 2 is 1.40 bits per heavy atom. The Labute approximate surface area is 264 Å². The quantitative estimate of drug-likeness (QED) is 0.159. The Hall–Kier alpha value is -4.83. The molecule has 0 unspecified atom stereocenters. The predicted octanol–water partition coefficient (Wildman–Crippen LogP) is 4.13. The van der Waals surface area contributed by atoms with Gasteiger partial charge in [0.2, 0.25) is 5.91 Å². The van der Waals surface area contributed by atoms with Gasteiger partial charge in [0.05, 0.1) is 17.2 Å². The van der Waals surface area contributed by atoms with Crippen molar-refractivity contribution in [3.63, 3.8) is 0 Å². The van der Waals surface area contributed by atoms with Crippen molar-refractivity contribution in [3.05, 3.63) is 83.9 Å². The summed E-state index contributed by atoms with van der Waals surface area (Å²) in [6.45, 7) is 6.48. The van der Waals surface area contributed by atoms with Crippen LogP contribution >= 0.6 is 0 Å². The zero-order valence-corrected chi connectivity index (χ0v) is 26.5. The zero-order valence-electron chi connectivity index (χ0n) is 26.5. The van der Waals surface area contributed by atoms with E-state index in [0.717, 1.165) is 27.8 Å². The Morgan fingerprint density at radius 3 is 2.04 bits per heavy atom. The molecule has 10 nitrogen and oxygen atoms in total. The van der Waals surface area contributed by atoms with Gasteiger partial charge >= 0.3 is 0 Å².